The molecule has 1 aliphatic heterocycles. The van der Waals surface area contributed by atoms with Crippen molar-refractivity contribution in [3.8, 4) is 0 Å². The van der Waals surface area contributed by atoms with Gasteiger partial charge in [-0.15, -0.1) is 0 Å². The first-order valence-electron chi connectivity index (χ1n) is 7.75. The molecule has 2 rings (SSSR count). The van der Waals surface area contributed by atoms with Crippen molar-refractivity contribution < 1.29 is 4.74 Å². The van der Waals surface area contributed by atoms with Gasteiger partial charge in [0, 0.05) is 19.1 Å². The van der Waals surface area contributed by atoms with Gasteiger partial charge >= 0.3 is 0 Å². The third-order valence-electron chi connectivity index (χ3n) is 4.17. The lowest BCUT2D eigenvalue weighted by Gasteiger charge is -2.28. The largest absolute Gasteiger partial charge is 0.378 e. The molecule has 0 saturated carbocycles. The molecule has 5 nitrogen and oxygen atoms in total. The quantitative estimate of drug-likeness (QED) is 0.811. The smallest absolute Gasteiger partial charge is 0.0700 e. The van der Waals surface area contributed by atoms with Gasteiger partial charge in [0.15, 0.2) is 0 Å². The molecule has 6 heteroatoms. The van der Waals surface area contributed by atoms with Crippen molar-refractivity contribution in [2.75, 3.05) is 33.8 Å². The van der Waals surface area contributed by atoms with Crippen LogP contribution in [-0.2, 0) is 11.3 Å². The molecular formula is C15H27BrN4O. The van der Waals surface area contributed by atoms with Crippen LogP contribution in [0.1, 0.15) is 32.0 Å². The Bertz CT molecular complexity index is 449. The van der Waals surface area contributed by atoms with Gasteiger partial charge in [-0.3, -0.25) is 4.68 Å². The first kappa shape index (κ1) is 16.9. The molecule has 1 fully saturated rings. The van der Waals surface area contributed by atoms with E-state index in [2.05, 4.69) is 63.9 Å². The highest BCUT2D eigenvalue weighted by molar-refractivity contribution is 9.10. The van der Waals surface area contributed by atoms with Gasteiger partial charge in [0.1, 0.15) is 0 Å². The molecule has 2 heterocycles. The summed E-state index contributed by atoms with van der Waals surface area (Å²) < 4.78 is 8.99. The second-order valence-electron chi connectivity index (χ2n) is 5.97. The normalized spacial score (nSPS) is 23.9. The topological polar surface area (TPSA) is 42.3 Å². The summed E-state index contributed by atoms with van der Waals surface area (Å²) in [5, 5.41) is 8.19. The van der Waals surface area contributed by atoms with Crippen LogP contribution in [0.15, 0.2) is 10.7 Å². The van der Waals surface area contributed by atoms with E-state index < -0.39 is 0 Å². The van der Waals surface area contributed by atoms with Crippen LogP contribution in [0.4, 0.5) is 0 Å². The van der Waals surface area contributed by atoms with Gasteiger partial charge in [-0.2, -0.15) is 5.10 Å². The molecule has 1 aromatic heterocycles. The van der Waals surface area contributed by atoms with E-state index in [1.807, 2.05) is 6.20 Å². The van der Waals surface area contributed by atoms with Crippen LogP contribution in [0.25, 0.3) is 0 Å². The fourth-order valence-electron chi connectivity index (χ4n) is 3.01. The number of ether oxygens (including phenoxy) is 1. The van der Waals surface area contributed by atoms with Gasteiger partial charge in [-0.25, -0.2) is 0 Å². The highest BCUT2D eigenvalue weighted by Crippen LogP contribution is 2.36. The Morgan fingerprint density at radius 1 is 1.57 bits per heavy atom. The van der Waals surface area contributed by atoms with Crippen molar-refractivity contribution >= 4 is 15.9 Å². The fourth-order valence-corrected chi connectivity index (χ4v) is 3.55. The highest BCUT2D eigenvalue weighted by atomic mass is 79.9. The molecule has 1 saturated heterocycles. The average Bonchev–Trinajstić information content (AvgIpc) is 3.00. The summed E-state index contributed by atoms with van der Waals surface area (Å²) in [5.41, 5.74) is 1.25. The first-order chi connectivity index (χ1) is 10.0. The first-order valence-corrected chi connectivity index (χ1v) is 8.54. The average molecular weight is 359 g/mol. The lowest BCUT2D eigenvalue weighted by atomic mass is 9.91. The summed E-state index contributed by atoms with van der Waals surface area (Å²) in [6.07, 6.45) is 3.30. The third-order valence-corrected chi connectivity index (χ3v) is 4.78. The maximum absolute atomic E-state index is 5.78. The fraction of sp³-hybridized carbons (Fsp3) is 0.800. The summed E-state index contributed by atoms with van der Waals surface area (Å²) >= 11 is 3.68. The SMILES string of the molecule is CCNC(c1c(Br)cnn1CCN(C)C)C1CCOC1C. The minimum atomic E-state index is 0.284. The maximum atomic E-state index is 5.78. The van der Waals surface area contributed by atoms with E-state index in [9.17, 15) is 0 Å². The van der Waals surface area contributed by atoms with E-state index >= 15 is 0 Å². The zero-order chi connectivity index (χ0) is 15.4. The molecule has 1 aliphatic rings. The monoisotopic (exact) mass is 358 g/mol. The van der Waals surface area contributed by atoms with Gasteiger partial charge in [-0.1, -0.05) is 6.92 Å². The zero-order valence-corrected chi connectivity index (χ0v) is 15.1. The standard InChI is InChI=1S/C15H27BrN4O/c1-5-17-14(12-6-9-21-11(12)2)15-13(16)10-18-20(15)8-7-19(3)4/h10-12,14,17H,5-9H2,1-4H3. The van der Waals surface area contributed by atoms with Crippen molar-refractivity contribution in [1.29, 1.82) is 0 Å². The summed E-state index contributed by atoms with van der Waals surface area (Å²) in [6, 6.07) is 0.284. The molecule has 3 atom stereocenters. The number of aromatic nitrogens is 2. The van der Waals surface area contributed by atoms with Gasteiger partial charge < -0.3 is 15.0 Å². The van der Waals surface area contributed by atoms with Crippen LogP contribution in [0.5, 0.6) is 0 Å². The number of hydrogen-bond acceptors (Lipinski definition) is 4. The highest BCUT2D eigenvalue weighted by Gasteiger charge is 2.35. The van der Waals surface area contributed by atoms with E-state index in [0.29, 0.717) is 5.92 Å². The molecule has 21 heavy (non-hydrogen) atoms. The predicted molar refractivity (Wildman–Crippen MR) is 88.4 cm³/mol. The summed E-state index contributed by atoms with van der Waals surface area (Å²) in [7, 11) is 4.18. The maximum Gasteiger partial charge on any atom is 0.0700 e. The third kappa shape index (κ3) is 4.06. The molecule has 0 aliphatic carbocycles. The zero-order valence-electron chi connectivity index (χ0n) is 13.5. The molecule has 120 valence electrons. The molecule has 0 spiro atoms. The second-order valence-corrected chi connectivity index (χ2v) is 6.82. The van der Waals surface area contributed by atoms with E-state index in [1.165, 1.54) is 5.69 Å². The van der Waals surface area contributed by atoms with Crippen molar-refractivity contribution in [2.24, 2.45) is 5.92 Å². The van der Waals surface area contributed by atoms with Crippen molar-refractivity contribution in [1.82, 2.24) is 20.0 Å². The number of nitrogens with one attached hydrogen (secondary N) is 1. The van der Waals surface area contributed by atoms with Crippen molar-refractivity contribution in [2.45, 2.75) is 39.0 Å². The van der Waals surface area contributed by atoms with Crippen LogP contribution in [0, 0.1) is 5.92 Å². The van der Waals surface area contributed by atoms with Crippen LogP contribution in [0.3, 0.4) is 0 Å². The molecule has 1 aromatic rings. The van der Waals surface area contributed by atoms with Gasteiger partial charge in [0.05, 0.1) is 35.1 Å². The minimum absolute atomic E-state index is 0.284. The number of halogens is 1. The number of hydrogen-bond donors (Lipinski definition) is 1. The van der Waals surface area contributed by atoms with Crippen molar-refractivity contribution in [3.05, 3.63) is 16.4 Å². The molecule has 0 radical (unpaired) electrons. The lowest BCUT2D eigenvalue weighted by molar-refractivity contribution is 0.0943. The summed E-state index contributed by atoms with van der Waals surface area (Å²) in [4.78, 5) is 2.18. The Labute approximate surface area is 136 Å². The number of rotatable bonds is 7. The van der Waals surface area contributed by atoms with Crippen molar-refractivity contribution in [3.63, 3.8) is 0 Å². The number of nitrogens with zero attached hydrogens (tertiary/aromatic N) is 3. The number of likely N-dealkylation sites (N-methyl/N-ethyl adjacent to an activating group) is 1. The predicted octanol–water partition coefficient (Wildman–Crippen LogP) is 2.28. The van der Waals surface area contributed by atoms with Crippen LogP contribution >= 0.6 is 15.9 Å². The Hall–Kier alpha value is -0.430. The molecular weight excluding hydrogens is 332 g/mol. The Morgan fingerprint density at radius 3 is 2.90 bits per heavy atom. The molecule has 0 amide bonds. The van der Waals surface area contributed by atoms with Crippen LogP contribution in [0.2, 0.25) is 0 Å². The second kappa shape index (κ2) is 7.72. The molecule has 1 N–H and O–H groups in total. The molecule has 0 aromatic carbocycles. The van der Waals surface area contributed by atoms with E-state index in [4.69, 9.17) is 4.74 Å². The van der Waals surface area contributed by atoms with E-state index in [-0.39, 0.29) is 12.1 Å². The van der Waals surface area contributed by atoms with Crippen LogP contribution in [-0.4, -0.2) is 54.6 Å². The van der Waals surface area contributed by atoms with Crippen LogP contribution < -0.4 is 5.32 Å². The Morgan fingerprint density at radius 2 is 2.33 bits per heavy atom. The van der Waals surface area contributed by atoms with E-state index in [1.54, 1.807) is 0 Å². The van der Waals surface area contributed by atoms with Gasteiger partial charge in [-0.05, 0) is 49.9 Å². The Kier molecular flexibility index (Phi) is 6.22. The summed E-state index contributed by atoms with van der Waals surface area (Å²) in [6.45, 7) is 8.02. The minimum Gasteiger partial charge on any atom is -0.378 e. The summed E-state index contributed by atoms with van der Waals surface area (Å²) in [5.74, 6) is 0.496. The Balaban J connectivity index is 2.24. The molecule has 0 bridgehead atoms. The van der Waals surface area contributed by atoms with E-state index in [0.717, 1.165) is 37.1 Å². The van der Waals surface area contributed by atoms with Gasteiger partial charge in [0.25, 0.3) is 0 Å². The molecule has 3 unspecified atom stereocenters. The van der Waals surface area contributed by atoms with Gasteiger partial charge in [0.2, 0.25) is 0 Å². The lowest BCUT2D eigenvalue weighted by Crippen LogP contribution is -2.34.